The lowest BCUT2D eigenvalue weighted by atomic mass is 10.1. The topological polar surface area (TPSA) is 50.8 Å². The summed E-state index contributed by atoms with van der Waals surface area (Å²) in [6, 6.07) is 10.6. The number of nitrogens with one attached hydrogen (secondary N) is 1. The lowest BCUT2D eigenvalue weighted by Gasteiger charge is -2.10. The second-order valence-electron chi connectivity index (χ2n) is 7.05. The van der Waals surface area contributed by atoms with E-state index in [1.807, 2.05) is 27.7 Å². The number of hydrogen-bond acceptors (Lipinski definition) is 2. The zero-order valence-corrected chi connectivity index (χ0v) is 20.3. The molecule has 0 unspecified atom stereocenters. The predicted molar refractivity (Wildman–Crippen MR) is 128 cm³/mol. The molecule has 2 aromatic heterocycles. The number of aromatic nitrogens is 3. The van der Waals surface area contributed by atoms with Crippen LogP contribution in [0.3, 0.4) is 0 Å². The van der Waals surface area contributed by atoms with E-state index in [-0.39, 0.29) is 12.4 Å². The summed E-state index contributed by atoms with van der Waals surface area (Å²) >= 11 is 0. The van der Waals surface area contributed by atoms with Crippen LogP contribution in [0.25, 0.3) is 16.6 Å². The summed E-state index contributed by atoms with van der Waals surface area (Å²) in [4.78, 5) is 12.8. The molecule has 0 aliphatic heterocycles. The number of pyridine rings is 1. The minimum absolute atomic E-state index is 0.0606. The van der Waals surface area contributed by atoms with Gasteiger partial charge in [-0.25, -0.2) is 13.6 Å². The third kappa shape index (κ3) is 6.65. The summed E-state index contributed by atoms with van der Waals surface area (Å²) in [6.07, 6.45) is 0.460. The highest BCUT2D eigenvalue weighted by Crippen LogP contribution is 2.29. The smallest absolute Gasteiger partial charge is 0.348 e. The Morgan fingerprint density at radius 3 is 2.31 bits per heavy atom. The number of aryl methyl sites for hydroxylation is 1. The van der Waals surface area contributed by atoms with Crippen LogP contribution < -0.4 is 9.88 Å². The van der Waals surface area contributed by atoms with Crippen molar-refractivity contribution in [2.75, 3.05) is 0 Å². The van der Waals surface area contributed by atoms with E-state index in [0.29, 0.717) is 27.7 Å². The van der Waals surface area contributed by atoms with E-state index < -0.39 is 17.6 Å². The lowest BCUT2D eigenvalue weighted by Crippen LogP contribution is -2.31. The van der Waals surface area contributed by atoms with Gasteiger partial charge in [0.05, 0.1) is 17.4 Å². The van der Waals surface area contributed by atoms with Crippen molar-refractivity contribution < 1.29 is 26.9 Å². The highest BCUT2D eigenvalue weighted by molar-refractivity contribution is 6.05. The molecule has 0 aliphatic rings. The quantitative estimate of drug-likeness (QED) is 0.283. The first kappa shape index (κ1) is 27.5. The SMILES string of the molecule is CC.CC.C[n+]1cc(C(=O)NCc2cccc(C(F)(F)F)c2)c2cnn(-c3ccc(F)cc3)c2c1. The van der Waals surface area contributed by atoms with Crippen molar-refractivity contribution in [1.29, 1.82) is 0 Å². The van der Waals surface area contributed by atoms with E-state index in [1.54, 1.807) is 40.8 Å². The molecule has 9 heteroatoms. The van der Waals surface area contributed by atoms with Crippen LogP contribution >= 0.6 is 0 Å². The van der Waals surface area contributed by atoms with Crippen LogP contribution in [0, 0.1) is 5.82 Å². The molecule has 186 valence electrons. The normalized spacial score (nSPS) is 10.7. The summed E-state index contributed by atoms with van der Waals surface area (Å²) in [6.45, 7) is 7.94. The number of alkyl halides is 3. The van der Waals surface area contributed by atoms with Gasteiger partial charge >= 0.3 is 6.18 Å². The Kier molecular flexibility index (Phi) is 9.50. The number of rotatable bonds is 4. The Hall–Kier alpha value is -3.75. The number of fused-ring (bicyclic) bond motifs is 1. The molecule has 5 nitrogen and oxygen atoms in total. The number of nitrogens with zero attached hydrogens (tertiary/aromatic N) is 3. The van der Waals surface area contributed by atoms with E-state index >= 15 is 0 Å². The van der Waals surface area contributed by atoms with Crippen LogP contribution in [0.1, 0.15) is 49.2 Å². The van der Waals surface area contributed by atoms with Gasteiger partial charge in [-0.2, -0.15) is 18.3 Å². The van der Waals surface area contributed by atoms with Crippen molar-refractivity contribution in [2.45, 2.75) is 40.4 Å². The molecule has 0 saturated carbocycles. The van der Waals surface area contributed by atoms with E-state index in [1.165, 1.54) is 30.5 Å². The predicted octanol–water partition coefficient (Wildman–Crippen LogP) is 5.99. The Balaban J connectivity index is 0.00000103. The highest BCUT2D eigenvalue weighted by atomic mass is 19.4. The van der Waals surface area contributed by atoms with Crippen LogP contribution in [0.5, 0.6) is 0 Å². The van der Waals surface area contributed by atoms with Gasteiger partial charge in [0.1, 0.15) is 23.9 Å². The molecule has 0 spiro atoms. The molecule has 4 aromatic rings. The van der Waals surface area contributed by atoms with Gasteiger partial charge in [-0.15, -0.1) is 0 Å². The van der Waals surface area contributed by atoms with E-state index in [9.17, 15) is 22.4 Å². The molecule has 2 aromatic carbocycles. The van der Waals surface area contributed by atoms with Crippen molar-refractivity contribution in [1.82, 2.24) is 15.1 Å². The van der Waals surface area contributed by atoms with E-state index in [0.717, 1.165) is 12.1 Å². The molecule has 0 atom stereocenters. The second-order valence-corrected chi connectivity index (χ2v) is 7.05. The zero-order chi connectivity index (χ0) is 26.2. The number of carbonyl (C=O) groups excluding carboxylic acids is 1. The molecule has 0 saturated heterocycles. The number of amides is 1. The molecule has 0 radical (unpaired) electrons. The fourth-order valence-corrected chi connectivity index (χ4v) is 3.30. The van der Waals surface area contributed by atoms with Gasteiger partial charge < -0.3 is 5.32 Å². The second kappa shape index (κ2) is 12.1. The maximum Gasteiger partial charge on any atom is 0.416 e. The fourth-order valence-electron chi connectivity index (χ4n) is 3.30. The number of halogens is 4. The first-order chi connectivity index (χ1) is 16.7. The number of benzene rings is 2. The Labute approximate surface area is 202 Å². The summed E-state index contributed by atoms with van der Waals surface area (Å²) in [5.41, 5.74) is 1.13. The van der Waals surface area contributed by atoms with Crippen LogP contribution in [0.2, 0.25) is 0 Å². The molecule has 2 heterocycles. The molecular weight excluding hydrogens is 460 g/mol. The lowest BCUT2D eigenvalue weighted by molar-refractivity contribution is -0.670. The summed E-state index contributed by atoms with van der Waals surface area (Å²) in [5.74, 6) is -0.822. The fraction of sp³-hybridized carbons (Fsp3) is 0.269. The van der Waals surface area contributed by atoms with Gasteiger partial charge in [0.2, 0.25) is 0 Å². The molecule has 35 heavy (non-hydrogen) atoms. The first-order valence-corrected chi connectivity index (χ1v) is 11.3. The molecule has 1 amide bonds. The maximum atomic E-state index is 13.2. The third-order valence-electron chi connectivity index (χ3n) is 4.78. The van der Waals surface area contributed by atoms with Gasteiger partial charge in [-0.1, -0.05) is 39.8 Å². The summed E-state index contributed by atoms with van der Waals surface area (Å²) in [7, 11) is 1.74. The summed E-state index contributed by atoms with van der Waals surface area (Å²) < 4.78 is 55.2. The molecule has 0 aliphatic carbocycles. The van der Waals surface area contributed by atoms with E-state index in [4.69, 9.17) is 0 Å². The monoisotopic (exact) mass is 489 g/mol. The van der Waals surface area contributed by atoms with Crippen molar-refractivity contribution in [3.05, 3.63) is 89.6 Å². The van der Waals surface area contributed by atoms with Crippen molar-refractivity contribution in [3.8, 4) is 5.69 Å². The minimum Gasteiger partial charge on any atom is -0.348 e. The average Bonchev–Trinajstić information content (AvgIpc) is 3.28. The Morgan fingerprint density at radius 2 is 1.69 bits per heavy atom. The highest BCUT2D eigenvalue weighted by Gasteiger charge is 2.30. The van der Waals surface area contributed by atoms with Gasteiger partial charge in [0, 0.05) is 11.9 Å². The molecule has 0 bridgehead atoms. The Morgan fingerprint density at radius 1 is 1.03 bits per heavy atom. The van der Waals surface area contributed by atoms with E-state index in [2.05, 4.69) is 10.4 Å². The largest absolute Gasteiger partial charge is 0.416 e. The maximum absolute atomic E-state index is 13.2. The van der Waals surface area contributed by atoms with Crippen molar-refractivity contribution >= 4 is 16.8 Å². The average molecular weight is 490 g/mol. The molecule has 0 fully saturated rings. The van der Waals surface area contributed by atoms with Crippen LogP contribution in [-0.2, 0) is 19.8 Å². The van der Waals surface area contributed by atoms with Crippen LogP contribution in [-0.4, -0.2) is 15.7 Å². The molecular formula is C26H29F4N4O+. The summed E-state index contributed by atoms with van der Waals surface area (Å²) in [5, 5.41) is 7.53. The first-order valence-electron chi connectivity index (χ1n) is 11.3. The van der Waals surface area contributed by atoms with Crippen molar-refractivity contribution in [3.63, 3.8) is 0 Å². The number of carbonyl (C=O) groups is 1. The van der Waals surface area contributed by atoms with Gasteiger partial charge in [-0.3, -0.25) is 4.79 Å². The number of hydrogen-bond donors (Lipinski definition) is 1. The molecule has 4 rings (SSSR count). The van der Waals surface area contributed by atoms with Crippen LogP contribution in [0.4, 0.5) is 17.6 Å². The van der Waals surface area contributed by atoms with Gasteiger partial charge in [-0.05, 0) is 42.0 Å². The van der Waals surface area contributed by atoms with Crippen LogP contribution in [0.15, 0.2) is 67.1 Å². The molecule has 1 N–H and O–H groups in total. The standard InChI is InChI=1S/C22H16F4N4O.2C2H6/c1-29-12-19(21(31)27-10-14-3-2-4-15(9-14)22(24,25)26)18-11-28-30(20(18)13-29)17-7-5-16(23)6-8-17;2*1-2/h2-9,11-13H,10H2,1H3;2*1-2H3/p+1. The van der Waals surface area contributed by atoms with Crippen molar-refractivity contribution in [2.24, 2.45) is 7.05 Å². The third-order valence-corrected chi connectivity index (χ3v) is 4.78. The zero-order valence-electron chi connectivity index (χ0n) is 20.3. The minimum atomic E-state index is -4.45. The van der Waals surface area contributed by atoms with Gasteiger partial charge in [0.15, 0.2) is 12.4 Å². The van der Waals surface area contributed by atoms with Gasteiger partial charge in [0.25, 0.3) is 5.91 Å². The Bertz CT molecular complexity index is 1260.